The van der Waals surface area contributed by atoms with Gasteiger partial charge in [-0.25, -0.2) is 0 Å². The van der Waals surface area contributed by atoms with Crippen LogP contribution in [0.3, 0.4) is 0 Å². The second-order valence-corrected chi connectivity index (χ2v) is 4.90. The number of hydrogen-bond donors (Lipinski definition) is 2. The van der Waals surface area contributed by atoms with Crippen molar-refractivity contribution < 1.29 is 4.79 Å². The molecule has 1 atom stereocenters. The highest BCUT2D eigenvalue weighted by molar-refractivity contribution is 7.80. The standard InChI is InChI=1S/C11H21N3OS/c12-10(16)6-2-4-8-14-7-3-1-5-9(14)11(13)15/h9H,1-8H2,(H2,12,16)(H2,13,15). The zero-order valence-corrected chi connectivity index (χ0v) is 10.5. The molecular formula is C11H21N3OS. The lowest BCUT2D eigenvalue weighted by Crippen LogP contribution is -2.47. The van der Waals surface area contributed by atoms with E-state index in [4.69, 9.17) is 23.7 Å². The highest BCUT2D eigenvalue weighted by atomic mass is 32.1. The van der Waals surface area contributed by atoms with Crippen molar-refractivity contribution in [2.75, 3.05) is 13.1 Å². The number of carbonyl (C=O) groups excluding carboxylic acids is 1. The number of amides is 1. The van der Waals surface area contributed by atoms with Gasteiger partial charge in [-0.1, -0.05) is 18.6 Å². The predicted molar refractivity (Wildman–Crippen MR) is 69.0 cm³/mol. The fraction of sp³-hybridized carbons (Fsp3) is 0.818. The van der Waals surface area contributed by atoms with Gasteiger partial charge in [0.05, 0.1) is 11.0 Å². The van der Waals surface area contributed by atoms with Gasteiger partial charge in [0.25, 0.3) is 0 Å². The van der Waals surface area contributed by atoms with Crippen molar-refractivity contribution in [3.63, 3.8) is 0 Å². The summed E-state index contributed by atoms with van der Waals surface area (Å²) >= 11 is 4.82. The summed E-state index contributed by atoms with van der Waals surface area (Å²) in [7, 11) is 0. The predicted octanol–water partition coefficient (Wildman–Crippen LogP) is 0.783. The van der Waals surface area contributed by atoms with Crippen LogP contribution < -0.4 is 11.5 Å². The van der Waals surface area contributed by atoms with Gasteiger partial charge in [0.2, 0.25) is 5.91 Å². The third-order valence-electron chi connectivity index (χ3n) is 3.06. The van der Waals surface area contributed by atoms with E-state index in [0.29, 0.717) is 4.99 Å². The number of nitrogens with zero attached hydrogens (tertiary/aromatic N) is 1. The molecule has 0 aromatic carbocycles. The molecule has 92 valence electrons. The molecule has 1 aliphatic heterocycles. The molecule has 4 nitrogen and oxygen atoms in total. The molecular weight excluding hydrogens is 222 g/mol. The smallest absolute Gasteiger partial charge is 0.234 e. The minimum Gasteiger partial charge on any atom is -0.393 e. The molecule has 1 heterocycles. The summed E-state index contributed by atoms with van der Waals surface area (Å²) in [6.45, 7) is 1.91. The van der Waals surface area contributed by atoms with E-state index in [1.165, 1.54) is 6.42 Å². The number of primary amides is 1. The highest BCUT2D eigenvalue weighted by Crippen LogP contribution is 2.17. The average Bonchev–Trinajstić information content (AvgIpc) is 2.24. The monoisotopic (exact) mass is 243 g/mol. The largest absolute Gasteiger partial charge is 0.393 e. The Morgan fingerprint density at radius 2 is 2.06 bits per heavy atom. The molecule has 0 radical (unpaired) electrons. The van der Waals surface area contributed by atoms with Gasteiger partial charge in [-0.15, -0.1) is 0 Å². The van der Waals surface area contributed by atoms with E-state index in [2.05, 4.69) is 4.90 Å². The van der Waals surface area contributed by atoms with Crippen LogP contribution in [0.15, 0.2) is 0 Å². The van der Waals surface area contributed by atoms with E-state index in [1.54, 1.807) is 0 Å². The first-order chi connectivity index (χ1) is 7.61. The minimum absolute atomic E-state index is 0.0569. The molecule has 1 amide bonds. The van der Waals surface area contributed by atoms with Gasteiger partial charge in [0.15, 0.2) is 0 Å². The molecule has 16 heavy (non-hydrogen) atoms. The van der Waals surface area contributed by atoms with Crippen molar-refractivity contribution in [1.29, 1.82) is 0 Å². The maximum Gasteiger partial charge on any atom is 0.234 e. The van der Waals surface area contributed by atoms with Crippen molar-refractivity contribution in [2.45, 2.75) is 44.6 Å². The number of rotatable bonds is 6. The molecule has 1 saturated heterocycles. The summed E-state index contributed by atoms with van der Waals surface area (Å²) in [6.07, 6.45) is 6.00. The summed E-state index contributed by atoms with van der Waals surface area (Å²) in [5, 5.41) is 0. The second-order valence-electron chi connectivity index (χ2n) is 4.37. The van der Waals surface area contributed by atoms with Gasteiger partial charge in [-0.2, -0.15) is 0 Å². The number of hydrogen-bond acceptors (Lipinski definition) is 3. The lowest BCUT2D eigenvalue weighted by molar-refractivity contribution is -0.124. The van der Waals surface area contributed by atoms with Crippen molar-refractivity contribution >= 4 is 23.1 Å². The lowest BCUT2D eigenvalue weighted by atomic mass is 10.0. The quantitative estimate of drug-likeness (QED) is 0.534. The molecule has 1 aliphatic rings. The fourth-order valence-corrected chi connectivity index (χ4v) is 2.34. The van der Waals surface area contributed by atoms with Crippen LogP contribution >= 0.6 is 12.2 Å². The Balaban J connectivity index is 2.27. The molecule has 0 saturated carbocycles. The first-order valence-corrected chi connectivity index (χ1v) is 6.33. The van der Waals surface area contributed by atoms with E-state index >= 15 is 0 Å². The number of unbranched alkanes of at least 4 members (excludes halogenated alkanes) is 1. The molecule has 1 unspecified atom stereocenters. The normalized spacial score (nSPS) is 21.9. The summed E-state index contributed by atoms with van der Waals surface area (Å²) < 4.78 is 0. The Morgan fingerprint density at radius 1 is 1.31 bits per heavy atom. The third kappa shape index (κ3) is 4.45. The van der Waals surface area contributed by atoms with Crippen LogP contribution in [0.2, 0.25) is 0 Å². The Hall–Kier alpha value is -0.680. The molecule has 0 aromatic heterocycles. The average molecular weight is 243 g/mol. The van der Waals surface area contributed by atoms with Gasteiger partial charge in [0.1, 0.15) is 0 Å². The number of likely N-dealkylation sites (tertiary alicyclic amines) is 1. The minimum atomic E-state index is -0.186. The summed E-state index contributed by atoms with van der Waals surface area (Å²) in [5.74, 6) is -0.186. The Kier molecular flexibility index (Phi) is 5.69. The van der Waals surface area contributed by atoms with Crippen LogP contribution in [-0.4, -0.2) is 34.9 Å². The fourth-order valence-electron chi connectivity index (χ4n) is 2.19. The first kappa shape index (κ1) is 13.4. The molecule has 0 bridgehead atoms. The number of piperidine rings is 1. The Labute approximate surface area is 102 Å². The topological polar surface area (TPSA) is 72.4 Å². The van der Waals surface area contributed by atoms with Crippen LogP contribution in [0.5, 0.6) is 0 Å². The van der Waals surface area contributed by atoms with Gasteiger partial charge < -0.3 is 11.5 Å². The molecule has 0 aliphatic carbocycles. The Morgan fingerprint density at radius 3 is 2.69 bits per heavy atom. The zero-order valence-electron chi connectivity index (χ0n) is 9.65. The first-order valence-electron chi connectivity index (χ1n) is 5.93. The van der Waals surface area contributed by atoms with Crippen molar-refractivity contribution in [3.8, 4) is 0 Å². The van der Waals surface area contributed by atoms with Gasteiger partial charge in [0, 0.05) is 0 Å². The van der Waals surface area contributed by atoms with Crippen LogP contribution in [0.4, 0.5) is 0 Å². The van der Waals surface area contributed by atoms with Crippen LogP contribution in [0, 0.1) is 0 Å². The van der Waals surface area contributed by atoms with Crippen molar-refractivity contribution in [1.82, 2.24) is 4.90 Å². The molecule has 5 heteroatoms. The van der Waals surface area contributed by atoms with E-state index in [1.807, 2.05) is 0 Å². The lowest BCUT2D eigenvalue weighted by Gasteiger charge is -2.33. The molecule has 0 spiro atoms. The second kappa shape index (κ2) is 6.81. The third-order valence-corrected chi connectivity index (χ3v) is 3.26. The summed E-state index contributed by atoms with van der Waals surface area (Å²) in [4.78, 5) is 14.0. The van der Waals surface area contributed by atoms with E-state index in [0.717, 1.165) is 45.2 Å². The highest BCUT2D eigenvalue weighted by Gasteiger charge is 2.25. The van der Waals surface area contributed by atoms with Gasteiger partial charge in [-0.05, 0) is 45.2 Å². The summed E-state index contributed by atoms with van der Waals surface area (Å²) in [6, 6.07) is -0.0569. The summed E-state index contributed by atoms with van der Waals surface area (Å²) in [5.41, 5.74) is 10.8. The molecule has 1 fully saturated rings. The SMILES string of the molecule is NC(=O)C1CCCCN1CCCCC(N)=S. The number of carbonyl (C=O) groups is 1. The van der Waals surface area contributed by atoms with Crippen LogP contribution in [0.1, 0.15) is 38.5 Å². The van der Waals surface area contributed by atoms with Crippen molar-refractivity contribution in [3.05, 3.63) is 0 Å². The van der Waals surface area contributed by atoms with E-state index in [-0.39, 0.29) is 11.9 Å². The molecule has 1 rings (SSSR count). The zero-order chi connectivity index (χ0) is 12.0. The van der Waals surface area contributed by atoms with Gasteiger partial charge in [-0.3, -0.25) is 9.69 Å². The molecule has 0 aromatic rings. The maximum atomic E-state index is 11.2. The van der Waals surface area contributed by atoms with Gasteiger partial charge >= 0.3 is 0 Å². The number of nitrogens with two attached hydrogens (primary N) is 2. The van der Waals surface area contributed by atoms with Crippen LogP contribution in [-0.2, 0) is 4.79 Å². The molecule has 4 N–H and O–H groups in total. The van der Waals surface area contributed by atoms with E-state index < -0.39 is 0 Å². The number of thiocarbonyl (C=S) groups is 1. The Bertz CT molecular complexity index is 258. The maximum absolute atomic E-state index is 11.2. The van der Waals surface area contributed by atoms with Crippen molar-refractivity contribution in [2.24, 2.45) is 11.5 Å². The van der Waals surface area contributed by atoms with E-state index in [9.17, 15) is 4.79 Å². The van der Waals surface area contributed by atoms with Crippen LogP contribution in [0.25, 0.3) is 0 Å².